The molecule has 0 amide bonds. The summed E-state index contributed by atoms with van der Waals surface area (Å²) >= 11 is 3.36. The summed E-state index contributed by atoms with van der Waals surface area (Å²) in [4.78, 5) is 2.31. The van der Waals surface area contributed by atoms with E-state index < -0.39 is 0 Å². The fourth-order valence-electron chi connectivity index (χ4n) is 2.35. The highest BCUT2D eigenvalue weighted by Crippen LogP contribution is 2.24. The molecule has 2 atom stereocenters. The number of halogens is 2. The molecule has 1 saturated heterocycles. The second kappa shape index (κ2) is 6.10. The van der Waals surface area contributed by atoms with Crippen molar-refractivity contribution in [3.8, 4) is 0 Å². The van der Waals surface area contributed by atoms with E-state index in [9.17, 15) is 4.39 Å². The Morgan fingerprint density at radius 3 is 2.72 bits per heavy atom. The van der Waals surface area contributed by atoms with Crippen LogP contribution in [0.3, 0.4) is 0 Å². The summed E-state index contributed by atoms with van der Waals surface area (Å²) in [7, 11) is 0. The summed E-state index contributed by atoms with van der Waals surface area (Å²) in [6.07, 6.45) is 0. The van der Waals surface area contributed by atoms with Crippen molar-refractivity contribution in [2.24, 2.45) is 5.73 Å². The highest BCUT2D eigenvalue weighted by Gasteiger charge is 2.25. The fourth-order valence-corrected chi connectivity index (χ4v) is 2.73. The van der Waals surface area contributed by atoms with Gasteiger partial charge in [-0.2, -0.15) is 0 Å². The van der Waals surface area contributed by atoms with Crippen LogP contribution in [0.2, 0.25) is 0 Å². The highest BCUT2D eigenvalue weighted by atomic mass is 79.9. The van der Waals surface area contributed by atoms with Crippen LogP contribution >= 0.6 is 15.9 Å². The van der Waals surface area contributed by atoms with Crippen molar-refractivity contribution in [3.63, 3.8) is 0 Å². The zero-order valence-corrected chi connectivity index (χ0v) is 12.1. The molecule has 0 saturated carbocycles. The minimum absolute atomic E-state index is 0.135. The molecule has 1 heterocycles. The molecule has 3 N–H and O–H groups in total. The molecule has 1 fully saturated rings. The minimum atomic E-state index is -0.305. The summed E-state index contributed by atoms with van der Waals surface area (Å²) in [5, 5.41) is 3.30. The fraction of sp³-hybridized carbons (Fsp3) is 0.538. The number of piperazine rings is 1. The van der Waals surface area contributed by atoms with Gasteiger partial charge in [0, 0.05) is 48.3 Å². The van der Waals surface area contributed by atoms with Gasteiger partial charge in [0.05, 0.1) is 0 Å². The molecule has 0 spiro atoms. The molecule has 0 radical (unpaired) electrons. The number of hydrogen-bond donors (Lipinski definition) is 2. The van der Waals surface area contributed by atoms with Crippen molar-refractivity contribution >= 4 is 15.9 Å². The van der Waals surface area contributed by atoms with Crippen molar-refractivity contribution in [2.75, 3.05) is 26.2 Å². The van der Waals surface area contributed by atoms with Crippen LogP contribution < -0.4 is 11.1 Å². The molecule has 18 heavy (non-hydrogen) atoms. The Labute approximate surface area is 116 Å². The van der Waals surface area contributed by atoms with Gasteiger partial charge in [-0.3, -0.25) is 4.90 Å². The van der Waals surface area contributed by atoms with E-state index >= 15 is 0 Å². The normalized spacial score (nSPS) is 20.7. The largest absolute Gasteiger partial charge is 0.323 e. The molecule has 1 aliphatic heterocycles. The van der Waals surface area contributed by atoms with E-state index in [1.165, 1.54) is 6.07 Å². The Balaban J connectivity index is 2.13. The van der Waals surface area contributed by atoms with Gasteiger partial charge in [-0.05, 0) is 25.1 Å². The molecule has 1 aromatic rings. The Morgan fingerprint density at radius 2 is 2.06 bits per heavy atom. The van der Waals surface area contributed by atoms with Crippen LogP contribution in [-0.2, 0) is 0 Å². The average Bonchev–Trinajstić information content (AvgIpc) is 2.41. The van der Waals surface area contributed by atoms with Gasteiger partial charge in [-0.1, -0.05) is 15.9 Å². The van der Waals surface area contributed by atoms with Crippen LogP contribution in [0.4, 0.5) is 4.39 Å². The lowest BCUT2D eigenvalue weighted by molar-refractivity contribution is 0.162. The van der Waals surface area contributed by atoms with E-state index in [4.69, 9.17) is 5.73 Å². The smallest absolute Gasteiger partial charge is 0.128 e. The zero-order chi connectivity index (χ0) is 13.1. The quantitative estimate of drug-likeness (QED) is 0.895. The van der Waals surface area contributed by atoms with Gasteiger partial charge in [-0.15, -0.1) is 0 Å². The first-order chi connectivity index (χ1) is 8.59. The van der Waals surface area contributed by atoms with Gasteiger partial charge in [-0.25, -0.2) is 4.39 Å². The summed E-state index contributed by atoms with van der Waals surface area (Å²) in [6, 6.07) is 4.76. The van der Waals surface area contributed by atoms with E-state index in [2.05, 4.69) is 33.1 Å². The SMILES string of the molecule is CC(C(N)c1cc(Br)ccc1F)N1CCNCC1. The highest BCUT2D eigenvalue weighted by molar-refractivity contribution is 9.10. The van der Waals surface area contributed by atoms with Crippen molar-refractivity contribution < 1.29 is 4.39 Å². The lowest BCUT2D eigenvalue weighted by Gasteiger charge is -2.36. The van der Waals surface area contributed by atoms with Gasteiger partial charge in [0.15, 0.2) is 0 Å². The number of hydrogen-bond acceptors (Lipinski definition) is 3. The van der Waals surface area contributed by atoms with Gasteiger partial charge in [0.2, 0.25) is 0 Å². The van der Waals surface area contributed by atoms with Crippen LogP contribution in [0.1, 0.15) is 18.5 Å². The first kappa shape index (κ1) is 13.9. The molecular formula is C13H19BrFN3. The van der Waals surface area contributed by atoms with E-state index in [-0.39, 0.29) is 17.9 Å². The Bertz CT molecular complexity index is 407. The maximum absolute atomic E-state index is 13.8. The summed E-state index contributed by atoms with van der Waals surface area (Å²) in [5.74, 6) is -0.229. The predicted molar refractivity (Wildman–Crippen MR) is 74.9 cm³/mol. The number of nitrogens with two attached hydrogens (primary N) is 1. The van der Waals surface area contributed by atoms with Crippen LogP contribution in [0.5, 0.6) is 0 Å². The van der Waals surface area contributed by atoms with Crippen LogP contribution in [0, 0.1) is 5.82 Å². The van der Waals surface area contributed by atoms with Crippen molar-refractivity contribution in [3.05, 3.63) is 34.1 Å². The standard InChI is InChI=1S/C13H19BrFN3/c1-9(18-6-4-17-5-7-18)13(16)11-8-10(14)2-3-12(11)15/h2-3,8-9,13,17H,4-7,16H2,1H3. The Hall–Kier alpha value is -0.490. The molecule has 0 bridgehead atoms. The monoisotopic (exact) mass is 315 g/mol. The van der Waals surface area contributed by atoms with Crippen molar-refractivity contribution in [1.29, 1.82) is 0 Å². The number of rotatable bonds is 3. The summed E-state index contributed by atoms with van der Waals surface area (Å²) in [6.45, 7) is 5.93. The molecule has 3 nitrogen and oxygen atoms in total. The van der Waals surface area contributed by atoms with Gasteiger partial charge in [0.1, 0.15) is 5.82 Å². The predicted octanol–water partition coefficient (Wildman–Crippen LogP) is 1.88. The van der Waals surface area contributed by atoms with Gasteiger partial charge >= 0.3 is 0 Å². The second-order valence-electron chi connectivity index (χ2n) is 4.72. The first-order valence-electron chi connectivity index (χ1n) is 6.25. The first-order valence-corrected chi connectivity index (χ1v) is 7.04. The zero-order valence-electron chi connectivity index (χ0n) is 10.5. The molecule has 0 aromatic heterocycles. The Morgan fingerprint density at radius 1 is 1.39 bits per heavy atom. The van der Waals surface area contributed by atoms with Crippen LogP contribution in [0.15, 0.2) is 22.7 Å². The van der Waals surface area contributed by atoms with E-state index in [1.807, 2.05) is 0 Å². The topological polar surface area (TPSA) is 41.3 Å². The maximum Gasteiger partial charge on any atom is 0.128 e. The molecule has 0 aliphatic carbocycles. The lowest BCUT2D eigenvalue weighted by atomic mass is 9.99. The summed E-state index contributed by atoms with van der Waals surface area (Å²) < 4.78 is 14.7. The molecule has 1 aromatic carbocycles. The molecule has 5 heteroatoms. The van der Waals surface area contributed by atoms with Crippen molar-refractivity contribution in [1.82, 2.24) is 10.2 Å². The molecule has 2 unspecified atom stereocenters. The van der Waals surface area contributed by atoms with E-state index in [0.29, 0.717) is 5.56 Å². The van der Waals surface area contributed by atoms with E-state index in [1.54, 1.807) is 12.1 Å². The van der Waals surface area contributed by atoms with E-state index in [0.717, 1.165) is 30.7 Å². The van der Waals surface area contributed by atoms with Crippen LogP contribution in [0.25, 0.3) is 0 Å². The number of nitrogens with one attached hydrogen (secondary N) is 1. The second-order valence-corrected chi connectivity index (χ2v) is 5.63. The maximum atomic E-state index is 13.8. The number of nitrogens with zero attached hydrogens (tertiary/aromatic N) is 1. The Kier molecular flexibility index (Phi) is 4.72. The van der Waals surface area contributed by atoms with Crippen LogP contribution in [-0.4, -0.2) is 37.1 Å². The molecule has 1 aliphatic rings. The molecule has 2 rings (SSSR count). The van der Waals surface area contributed by atoms with Gasteiger partial charge < -0.3 is 11.1 Å². The lowest BCUT2D eigenvalue weighted by Crippen LogP contribution is -2.50. The third-order valence-corrected chi connectivity index (χ3v) is 4.06. The third kappa shape index (κ3) is 3.09. The van der Waals surface area contributed by atoms with Gasteiger partial charge in [0.25, 0.3) is 0 Å². The van der Waals surface area contributed by atoms with Crippen molar-refractivity contribution in [2.45, 2.75) is 19.0 Å². The number of benzene rings is 1. The molecular weight excluding hydrogens is 297 g/mol. The average molecular weight is 316 g/mol. The third-order valence-electron chi connectivity index (χ3n) is 3.56. The minimum Gasteiger partial charge on any atom is -0.323 e. The molecule has 100 valence electrons. The summed E-state index contributed by atoms with van der Waals surface area (Å²) in [5.41, 5.74) is 6.80.